The highest BCUT2D eigenvalue weighted by atomic mass is 35.5. The molecular weight excluding hydrogens is 299 g/mol. The standard InChI is InChI=1S/C14H12ClFN2OS/c1-7-5-12(13(14(17)20)8(2)18-7)19-9-3-4-11(16)10(15)6-9/h3-6H,1-2H3,(H2,17,20). The van der Waals surface area contributed by atoms with Gasteiger partial charge in [0.1, 0.15) is 22.3 Å². The molecule has 20 heavy (non-hydrogen) atoms. The number of aryl methyl sites for hydroxylation is 2. The van der Waals surface area contributed by atoms with Crippen LogP contribution < -0.4 is 10.5 Å². The van der Waals surface area contributed by atoms with Gasteiger partial charge in [-0.15, -0.1) is 0 Å². The van der Waals surface area contributed by atoms with E-state index in [0.717, 1.165) is 5.69 Å². The number of hydrogen-bond acceptors (Lipinski definition) is 3. The van der Waals surface area contributed by atoms with Gasteiger partial charge in [-0.05, 0) is 26.0 Å². The number of nitrogens with zero attached hydrogens (tertiary/aromatic N) is 1. The van der Waals surface area contributed by atoms with E-state index in [1.54, 1.807) is 13.0 Å². The number of nitrogens with two attached hydrogens (primary N) is 1. The van der Waals surface area contributed by atoms with Gasteiger partial charge < -0.3 is 10.5 Å². The molecule has 0 aliphatic rings. The lowest BCUT2D eigenvalue weighted by Crippen LogP contribution is -2.14. The van der Waals surface area contributed by atoms with Crippen LogP contribution in [0.25, 0.3) is 0 Å². The number of aromatic nitrogens is 1. The second kappa shape index (κ2) is 5.73. The van der Waals surface area contributed by atoms with Crippen molar-refractivity contribution in [3.05, 3.63) is 52.1 Å². The highest BCUT2D eigenvalue weighted by Crippen LogP contribution is 2.30. The zero-order valence-electron chi connectivity index (χ0n) is 10.9. The van der Waals surface area contributed by atoms with E-state index < -0.39 is 5.82 Å². The van der Waals surface area contributed by atoms with E-state index in [1.807, 2.05) is 6.92 Å². The fourth-order valence-corrected chi connectivity index (χ4v) is 2.26. The SMILES string of the molecule is Cc1cc(Oc2ccc(F)c(Cl)c2)c(C(N)=S)c(C)n1. The van der Waals surface area contributed by atoms with Gasteiger partial charge in [0.2, 0.25) is 0 Å². The quantitative estimate of drug-likeness (QED) is 0.873. The van der Waals surface area contributed by atoms with Crippen molar-refractivity contribution in [1.82, 2.24) is 4.98 Å². The third-order valence-corrected chi connectivity index (χ3v) is 3.15. The normalized spacial score (nSPS) is 10.4. The lowest BCUT2D eigenvalue weighted by Gasteiger charge is -2.13. The van der Waals surface area contributed by atoms with E-state index in [2.05, 4.69) is 4.98 Å². The summed E-state index contributed by atoms with van der Waals surface area (Å²) in [6.45, 7) is 3.63. The first-order valence-corrected chi connectivity index (χ1v) is 6.58. The minimum atomic E-state index is -0.504. The van der Waals surface area contributed by atoms with Crippen LogP contribution in [-0.2, 0) is 0 Å². The summed E-state index contributed by atoms with van der Waals surface area (Å²) < 4.78 is 18.8. The van der Waals surface area contributed by atoms with Crippen molar-refractivity contribution in [2.75, 3.05) is 0 Å². The molecule has 0 bridgehead atoms. The zero-order chi connectivity index (χ0) is 14.9. The predicted octanol–water partition coefficient (Wildman–Crippen LogP) is 3.92. The molecule has 1 aromatic carbocycles. The Morgan fingerprint density at radius 1 is 1.35 bits per heavy atom. The van der Waals surface area contributed by atoms with Crippen molar-refractivity contribution < 1.29 is 9.13 Å². The smallest absolute Gasteiger partial charge is 0.142 e. The Morgan fingerprint density at radius 3 is 2.65 bits per heavy atom. The van der Waals surface area contributed by atoms with Crippen LogP contribution in [0.15, 0.2) is 24.3 Å². The van der Waals surface area contributed by atoms with Gasteiger partial charge in [0.15, 0.2) is 0 Å². The summed E-state index contributed by atoms with van der Waals surface area (Å²) in [6, 6.07) is 5.83. The van der Waals surface area contributed by atoms with Gasteiger partial charge in [-0.3, -0.25) is 4.98 Å². The van der Waals surface area contributed by atoms with Crippen LogP contribution in [0.1, 0.15) is 17.0 Å². The molecule has 0 atom stereocenters. The number of ether oxygens (including phenoxy) is 1. The average Bonchev–Trinajstić information content (AvgIpc) is 2.32. The average molecular weight is 311 g/mol. The van der Waals surface area contributed by atoms with E-state index in [1.165, 1.54) is 18.2 Å². The number of hydrogen-bond donors (Lipinski definition) is 1. The van der Waals surface area contributed by atoms with Crippen LogP contribution >= 0.6 is 23.8 Å². The number of rotatable bonds is 3. The van der Waals surface area contributed by atoms with Crippen LogP contribution in [0.3, 0.4) is 0 Å². The van der Waals surface area contributed by atoms with Crippen molar-refractivity contribution in [2.45, 2.75) is 13.8 Å². The highest BCUT2D eigenvalue weighted by Gasteiger charge is 2.14. The first kappa shape index (κ1) is 14.7. The van der Waals surface area contributed by atoms with E-state index in [0.29, 0.717) is 22.8 Å². The van der Waals surface area contributed by atoms with Crippen molar-refractivity contribution in [2.24, 2.45) is 5.73 Å². The fraction of sp³-hybridized carbons (Fsp3) is 0.143. The van der Waals surface area contributed by atoms with Gasteiger partial charge >= 0.3 is 0 Å². The van der Waals surface area contributed by atoms with Crippen molar-refractivity contribution in [1.29, 1.82) is 0 Å². The number of thiocarbonyl (C=S) groups is 1. The topological polar surface area (TPSA) is 48.1 Å². The maximum atomic E-state index is 13.1. The first-order valence-electron chi connectivity index (χ1n) is 5.79. The van der Waals surface area contributed by atoms with Crippen LogP contribution in [0.5, 0.6) is 11.5 Å². The number of halogens is 2. The third-order valence-electron chi connectivity index (χ3n) is 2.66. The minimum absolute atomic E-state index is 0.0122. The van der Waals surface area contributed by atoms with E-state index in [-0.39, 0.29) is 10.0 Å². The van der Waals surface area contributed by atoms with Crippen molar-refractivity contribution >= 4 is 28.8 Å². The monoisotopic (exact) mass is 310 g/mol. The molecule has 0 aliphatic heterocycles. The molecule has 2 aromatic rings. The molecule has 0 aliphatic carbocycles. The van der Waals surface area contributed by atoms with Crippen molar-refractivity contribution in [3.8, 4) is 11.5 Å². The zero-order valence-corrected chi connectivity index (χ0v) is 12.5. The molecule has 1 aromatic heterocycles. The molecule has 2 rings (SSSR count). The summed E-state index contributed by atoms with van der Waals surface area (Å²) >= 11 is 10.7. The molecule has 0 radical (unpaired) electrons. The summed E-state index contributed by atoms with van der Waals surface area (Å²) in [6.07, 6.45) is 0. The van der Waals surface area contributed by atoms with E-state index in [4.69, 9.17) is 34.3 Å². The molecule has 0 saturated heterocycles. The summed E-state index contributed by atoms with van der Waals surface area (Å²) in [5.74, 6) is 0.375. The highest BCUT2D eigenvalue weighted by molar-refractivity contribution is 7.80. The Bertz CT molecular complexity index is 691. The largest absolute Gasteiger partial charge is 0.456 e. The number of benzene rings is 1. The molecule has 0 amide bonds. The van der Waals surface area contributed by atoms with Gasteiger partial charge in [-0.25, -0.2) is 4.39 Å². The molecule has 6 heteroatoms. The maximum absolute atomic E-state index is 13.1. The van der Waals surface area contributed by atoms with Gasteiger partial charge in [0, 0.05) is 17.8 Å². The van der Waals surface area contributed by atoms with Crippen molar-refractivity contribution in [3.63, 3.8) is 0 Å². The van der Waals surface area contributed by atoms with Crippen LogP contribution in [0.2, 0.25) is 5.02 Å². The maximum Gasteiger partial charge on any atom is 0.142 e. The first-order chi connectivity index (χ1) is 9.38. The second-order valence-electron chi connectivity index (χ2n) is 4.26. The number of pyridine rings is 1. The van der Waals surface area contributed by atoms with Crippen LogP contribution in [-0.4, -0.2) is 9.97 Å². The molecular formula is C14H12ClFN2OS. The minimum Gasteiger partial charge on any atom is -0.456 e. The Morgan fingerprint density at radius 2 is 2.05 bits per heavy atom. The molecule has 1 heterocycles. The lowest BCUT2D eigenvalue weighted by molar-refractivity contribution is 0.478. The molecule has 0 spiro atoms. The van der Waals surface area contributed by atoms with Gasteiger partial charge in [-0.1, -0.05) is 23.8 Å². The molecule has 3 nitrogen and oxygen atoms in total. The second-order valence-corrected chi connectivity index (χ2v) is 5.11. The molecule has 2 N–H and O–H groups in total. The van der Waals surface area contributed by atoms with Gasteiger partial charge in [0.05, 0.1) is 16.3 Å². The molecule has 104 valence electrons. The molecule has 0 fully saturated rings. The van der Waals surface area contributed by atoms with E-state index in [9.17, 15) is 4.39 Å². The summed E-state index contributed by atoms with van der Waals surface area (Å²) in [5.41, 5.74) is 7.71. The summed E-state index contributed by atoms with van der Waals surface area (Å²) in [5, 5.41) is -0.0122. The Hall–Kier alpha value is -1.72. The predicted molar refractivity (Wildman–Crippen MR) is 81.1 cm³/mol. The van der Waals surface area contributed by atoms with Gasteiger partial charge in [-0.2, -0.15) is 0 Å². The molecule has 0 unspecified atom stereocenters. The van der Waals surface area contributed by atoms with Crippen LogP contribution in [0.4, 0.5) is 4.39 Å². The van der Waals surface area contributed by atoms with E-state index >= 15 is 0 Å². The Labute approximate surface area is 126 Å². The molecule has 0 saturated carbocycles. The Kier molecular flexibility index (Phi) is 4.20. The summed E-state index contributed by atoms with van der Waals surface area (Å²) in [7, 11) is 0. The fourth-order valence-electron chi connectivity index (χ4n) is 1.84. The Balaban J connectivity index is 2.47. The van der Waals surface area contributed by atoms with Crippen LogP contribution in [0, 0.1) is 19.7 Å². The third kappa shape index (κ3) is 3.05. The van der Waals surface area contributed by atoms with Gasteiger partial charge in [0.25, 0.3) is 0 Å². The lowest BCUT2D eigenvalue weighted by atomic mass is 10.1. The summed E-state index contributed by atoms with van der Waals surface area (Å²) in [4.78, 5) is 4.49.